The smallest absolute Gasteiger partial charge is 0.0660 e. The Morgan fingerprint density at radius 2 is 2.11 bits per heavy atom. The summed E-state index contributed by atoms with van der Waals surface area (Å²) in [6.07, 6.45) is 1.18. The molecule has 0 radical (unpaired) electrons. The average molecular weight is 296 g/mol. The predicted octanol–water partition coefficient (Wildman–Crippen LogP) is 4.24. The minimum atomic E-state index is -0.0979. The molecule has 0 saturated carbocycles. The van der Waals surface area contributed by atoms with Crippen molar-refractivity contribution in [2.75, 3.05) is 5.75 Å². The molecule has 1 aromatic heterocycles. The molecule has 1 aliphatic heterocycles. The Labute approximate surface area is 120 Å². The molecule has 3 rings (SSSR count). The van der Waals surface area contributed by atoms with Crippen LogP contribution in [-0.2, 0) is 12.2 Å². The molecule has 1 nitrogen and oxygen atoms in total. The molecule has 0 aliphatic carbocycles. The fourth-order valence-electron chi connectivity index (χ4n) is 2.20. The molecule has 1 aromatic carbocycles. The minimum absolute atomic E-state index is 0.0979. The molecule has 0 spiro atoms. The third-order valence-corrected chi connectivity index (χ3v) is 5.87. The first-order valence-corrected chi connectivity index (χ1v) is 8.30. The zero-order chi connectivity index (χ0) is 12.5. The summed E-state index contributed by atoms with van der Waals surface area (Å²) in [7, 11) is 0. The highest BCUT2D eigenvalue weighted by Crippen LogP contribution is 2.36. The standard InChI is InChI=1S/C14H14ClNS2/c15-11-4-2-1-3-10(11)14(16)13-7-9-8-17-6-5-12(9)18-13/h1-4,7,14H,5-6,8,16H2. The van der Waals surface area contributed by atoms with Crippen LogP contribution in [0.2, 0.25) is 5.02 Å². The fourth-order valence-corrected chi connectivity index (χ4v) is 4.85. The highest BCUT2D eigenvalue weighted by molar-refractivity contribution is 7.98. The van der Waals surface area contributed by atoms with Crippen molar-refractivity contribution in [3.05, 3.63) is 56.2 Å². The number of halogens is 1. The third-order valence-electron chi connectivity index (χ3n) is 3.19. The van der Waals surface area contributed by atoms with Crippen LogP contribution in [0.15, 0.2) is 30.3 Å². The minimum Gasteiger partial charge on any atom is -0.320 e. The second-order valence-corrected chi connectivity index (χ2v) is 7.08. The number of hydrogen-bond acceptors (Lipinski definition) is 3. The van der Waals surface area contributed by atoms with E-state index in [0.717, 1.165) is 16.3 Å². The number of rotatable bonds is 2. The summed E-state index contributed by atoms with van der Waals surface area (Å²) in [5, 5.41) is 0.755. The maximum atomic E-state index is 6.35. The van der Waals surface area contributed by atoms with E-state index >= 15 is 0 Å². The molecule has 0 saturated heterocycles. The quantitative estimate of drug-likeness (QED) is 0.897. The van der Waals surface area contributed by atoms with Crippen LogP contribution in [0.5, 0.6) is 0 Å². The number of thioether (sulfide) groups is 1. The van der Waals surface area contributed by atoms with E-state index in [1.54, 1.807) is 0 Å². The van der Waals surface area contributed by atoms with Crippen LogP contribution >= 0.6 is 34.7 Å². The Morgan fingerprint density at radius 1 is 1.28 bits per heavy atom. The normalized spacial score (nSPS) is 16.3. The molecule has 1 atom stereocenters. The van der Waals surface area contributed by atoms with Crippen molar-refractivity contribution in [3.8, 4) is 0 Å². The van der Waals surface area contributed by atoms with Gasteiger partial charge in [0.15, 0.2) is 0 Å². The largest absolute Gasteiger partial charge is 0.320 e. The van der Waals surface area contributed by atoms with Gasteiger partial charge in [0.05, 0.1) is 6.04 Å². The third kappa shape index (κ3) is 2.32. The summed E-state index contributed by atoms with van der Waals surface area (Å²) in [5.41, 5.74) is 8.83. The molecular formula is C14H14ClNS2. The van der Waals surface area contributed by atoms with Gasteiger partial charge in [0.2, 0.25) is 0 Å². The molecular weight excluding hydrogens is 282 g/mol. The Morgan fingerprint density at radius 3 is 2.89 bits per heavy atom. The van der Waals surface area contributed by atoms with E-state index in [1.807, 2.05) is 47.4 Å². The van der Waals surface area contributed by atoms with Crippen LogP contribution in [0.4, 0.5) is 0 Å². The van der Waals surface area contributed by atoms with Gasteiger partial charge in [0, 0.05) is 20.5 Å². The van der Waals surface area contributed by atoms with Crippen LogP contribution in [0, 0.1) is 0 Å². The lowest BCUT2D eigenvalue weighted by atomic mass is 10.1. The fraction of sp³-hybridized carbons (Fsp3) is 0.286. The monoisotopic (exact) mass is 295 g/mol. The van der Waals surface area contributed by atoms with Gasteiger partial charge in [0.1, 0.15) is 0 Å². The van der Waals surface area contributed by atoms with Crippen LogP contribution in [0.1, 0.15) is 26.9 Å². The van der Waals surface area contributed by atoms with Gasteiger partial charge >= 0.3 is 0 Å². The van der Waals surface area contributed by atoms with E-state index in [2.05, 4.69) is 6.07 Å². The number of aryl methyl sites for hydroxylation is 1. The number of nitrogens with two attached hydrogens (primary N) is 1. The first-order valence-electron chi connectivity index (χ1n) is 5.95. The lowest BCUT2D eigenvalue weighted by Gasteiger charge is -2.11. The van der Waals surface area contributed by atoms with Crippen molar-refractivity contribution in [1.29, 1.82) is 0 Å². The van der Waals surface area contributed by atoms with Crippen molar-refractivity contribution in [2.45, 2.75) is 18.2 Å². The van der Waals surface area contributed by atoms with Gasteiger partial charge < -0.3 is 5.73 Å². The van der Waals surface area contributed by atoms with Gasteiger partial charge in [0.25, 0.3) is 0 Å². The molecule has 1 aliphatic rings. The molecule has 2 N–H and O–H groups in total. The summed E-state index contributed by atoms with van der Waals surface area (Å²) in [5.74, 6) is 2.36. The van der Waals surface area contributed by atoms with E-state index in [0.29, 0.717) is 0 Å². The second kappa shape index (κ2) is 5.25. The van der Waals surface area contributed by atoms with Crippen molar-refractivity contribution >= 4 is 34.7 Å². The average Bonchev–Trinajstić information content (AvgIpc) is 2.82. The Kier molecular flexibility index (Phi) is 3.66. The first kappa shape index (κ1) is 12.5. The summed E-state index contributed by atoms with van der Waals surface area (Å²) in [4.78, 5) is 2.74. The van der Waals surface area contributed by atoms with Gasteiger partial charge in [-0.3, -0.25) is 0 Å². The Hall–Kier alpha value is -0.480. The number of thiophene rings is 1. The van der Waals surface area contributed by atoms with Crippen LogP contribution < -0.4 is 5.73 Å². The van der Waals surface area contributed by atoms with Crippen LogP contribution in [0.25, 0.3) is 0 Å². The van der Waals surface area contributed by atoms with Gasteiger partial charge in [-0.25, -0.2) is 0 Å². The van der Waals surface area contributed by atoms with E-state index in [1.165, 1.54) is 27.5 Å². The maximum Gasteiger partial charge on any atom is 0.0660 e. The Balaban J connectivity index is 1.95. The SMILES string of the molecule is NC(c1cc2c(s1)CCSC2)c1ccccc1Cl. The zero-order valence-electron chi connectivity index (χ0n) is 9.86. The zero-order valence-corrected chi connectivity index (χ0v) is 12.2. The summed E-state index contributed by atoms with van der Waals surface area (Å²) in [6.45, 7) is 0. The highest BCUT2D eigenvalue weighted by atomic mass is 35.5. The lowest BCUT2D eigenvalue weighted by Crippen LogP contribution is -2.10. The molecule has 1 unspecified atom stereocenters. The van der Waals surface area contributed by atoms with E-state index in [9.17, 15) is 0 Å². The van der Waals surface area contributed by atoms with Gasteiger partial charge in [-0.2, -0.15) is 11.8 Å². The molecule has 4 heteroatoms. The van der Waals surface area contributed by atoms with E-state index < -0.39 is 0 Å². The number of benzene rings is 1. The summed E-state index contributed by atoms with van der Waals surface area (Å²) >= 11 is 10.1. The molecule has 0 bridgehead atoms. The van der Waals surface area contributed by atoms with Gasteiger partial charge in [-0.1, -0.05) is 29.8 Å². The maximum absolute atomic E-state index is 6.35. The topological polar surface area (TPSA) is 26.0 Å². The van der Waals surface area contributed by atoms with Crippen molar-refractivity contribution in [1.82, 2.24) is 0 Å². The first-order chi connectivity index (χ1) is 8.75. The molecule has 2 heterocycles. The molecule has 94 valence electrons. The highest BCUT2D eigenvalue weighted by Gasteiger charge is 2.19. The van der Waals surface area contributed by atoms with Crippen molar-refractivity contribution in [3.63, 3.8) is 0 Å². The molecule has 0 amide bonds. The van der Waals surface area contributed by atoms with E-state index in [-0.39, 0.29) is 6.04 Å². The number of hydrogen-bond donors (Lipinski definition) is 1. The second-order valence-electron chi connectivity index (χ2n) is 4.40. The molecule has 2 aromatic rings. The summed E-state index contributed by atoms with van der Waals surface area (Å²) in [6, 6.07) is 10.0. The van der Waals surface area contributed by atoms with Crippen molar-refractivity contribution < 1.29 is 0 Å². The van der Waals surface area contributed by atoms with Crippen LogP contribution in [-0.4, -0.2) is 5.75 Å². The Bertz CT molecular complexity index is 541. The number of fused-ring (bicyclic) bond motifs is 1. The van der Waals surface area contributed by atoms with Crippen LogP contribution in [0.3, 0.4) is 0 Å². The van der Waals surface area contributed by atoms with Gasteiger partial charge in [-0.05, 0) is 35.4 Å². The van der Waals surface area contributed by atoms with E-state index in [4.69, 9.17) is 17.3 Å². The molecule has 18 heavy (non-hydrogen) atoms. The van der Waals surface area contributed by atoms with Gasteiger partial charge in [-0.15, -0.1) is 11.3 Å². The lowest BCUT2D eigenvalue weighted by molar-refractivity contribution is 0.893. The van der Waals surface area contributed by atoms with Crippen molar-refractivity contribution in [2.24, 2.45) is 5.73 Å². The molecule has 0 fully saturated rings. The summed E-state index contributed by atoms with van der Waals surface area (Å²) < 4.78 is 0. The predicted molar refractivity (Wildman–Crippen MR) is 81.7 cm³/mol.